The molecule has 1 aromatic carbocycles. The summed E-state index contributed by atoms with van der Waals surface area (Å²) < 4.78 is 6.74. The maximum absolute atomic E-state index is 5.61. The minimum absolute atomic E-state index is 0.403. The van der Waals surface area contributed by atoms with Crippen molar-refractivity contribution in [1.29, 1.82) is 0 Å². The van der Waals surface area contributed by atoms with Gasteiger partial charge in [-0.05, 0) is 43.4 Å². The molecule has 2 nitrogen and oxygen atoms in total. The number of ether oxygens (including phenoxy) is 1. The summed E-state index contributed by atoms with van der Waals surface area (Å²) in [6, 6.07) is 9.06. The lowest BCUT2D eigenvalue weighted by molar-refractivity contribution is 0.105. The van der Waals surface area contributed by atoms with E-state index in [4.69, 9.17) is 4.74 Å². The Morgan fingerprint density at radius 2 is 2.11 bits per heavy atom. The fourth-order valence-corrected chi connectivity index (χ4v) is 2.80. The van der Waals surface area contributed by atoms with Gasteiger partial charge in [-0.2, -0.15) is 0 Å². The molecule has 1 fully saturated rings. The molecule has 3 heteroatoms. The number of hydrogen-bond donors (Lipinski definition) is 1. The summed E-state index contributed by atoms with van der Waals surface area (Å²) in [6.45, 7) is 6.38. The molecule has 1 heterocycles. The van der Waals surface area contributed by atoms with Gasteiger partial charge in [-0.1, -0.05) is 35.0 Å². The topological polar surface area (TPSA) is 21.3 Å². The molecule has 0 saturated carbocycles. The summed E-state index contributed by atoms with van der Waals surface area (Å²) in [6.07, 6.45) is 2.70. The van der Waals surface area contributed by atoms with Crippen LogP contribution in [0.25, 0.3) is 0 Å². The normalized spacial score (nSPS) is 25.3. The molecule has 2 rings (SSSR count). The van der Waals surface area contributed by atoms with Gasteiger partial charge in [-0.25, -0.2) is 0 Å². The molecule has 0 amide bonds. The van der Waals surface area contributed by atoms with Gasteiger partial charge >= 0.3 is 0 Å². The van der Waals surface area contributed by atoms with Crippen LogP contribution in [0.2, 0.25) is 0 Å². The summed E-state index contributed by atoms with van der Waals surface area (Å²) in [5, 5.41) is 3.68. The maximum atomic E-state index is 5.61. The van der Waals surface area contributed by atoms with E-state index in [1.807, 2.05) is 0 Å². The highest BCUT2D eigenvalue weighted by molar-refractivity contribution is 9.10. The molecule has 0 radical (unpaired) electrons. The highest BCUT2D eigenvalue weighted by Gasteiger charge is 2.24. The van der Waals surface area contributed by atoms with Crippen molar-refractivity contribution in [2.75, 3.05) is 13.2 Å². The zero-order chi connectivity index (χ0) is 13.0. The fraction of sp³-hybridized carbons (Fsp3) is 0.600. The van der Waals surface area contributed by atoms with Gasteiger partial charge in [0.05, 0.1) is 6.10 Å². The third kappa shape index (κ3) is 3.56. The third-order valence-electron chi connectivity index (χ3n) is 3.84. The molecule has 1 aliphatic heterocycles. The fourth-order valence-electron chi connectivity index (χ4n) is 2.53. The largest absolute Gasteiger partial charge is 0.378 e. The molecule has 1 aliphatic rings. The van der Waals surface area contributed by atoms with E-state index in [9.17, 15) is 0 Å². The molecule has 0 spiro atoms. The molecule has 0 bridgehead atoms. The van der Waals surface area contributed by atoms with E-state index in [1.54, 1.807) is 0 Å². The van der Waals surface area contributed by atoms with E-state index in [1.165, 1.54) is 12.0 Å². The van der Waals surface area contributed by atoms with E-state index in [2.05, 4.69) is 59.4 Å². The second-order valence-electron chi connectivity index (χ2n) is 5.05. The zero-order valence-electron chi connectivity index (χ0n) is 11.2. The highest BCUT2D eigenvalue weighted by atomic mass is 79.9. The van der Waals surface area contributed by atoms with Crippen molar-refractivity contribution in [3.05, 3.63) is 34.3 Å². The Kier molecular flexibility index (Phi) is 5.22. The molecule has 0 aromatic heterocycles. The SMILES string of the molecule is CCC(NCC1CCOC1C)c1ccc(Br)cc1. The average molecular weight is 312 g/mol. The van der Waals surface area contributed by atoms with Crippen LogP contribution >= 0.6 is 15.9 Å². The predicted octanol–water partition coefficient (Wildman–Crippen LogP) is 3.91. The second kappa shape index (κ2) is 6.69. The van der Waals surface area contributed by atoms with Crippen molar-refractivity contribution < 1.29 is 4.74 Å². The van der Waals surface area contributed by atoms with Gasteiger partial charge in [0.15, 0.2) is 0 Å². The van der Waals surface area contributed by atoms with Crippen molar-refractivity contribution >= 4 is 15.9 Å². The van der Waals surface area contributed by atoms with Gasteiger partial charge in [-0.15, -0.1) is 0 Å². The van der Waals surface area contributed by atoms with E-state index < -0.39 is 0 Å². The minimum Gasteiger partial charge on any atom is -0.378 e. The molecule has 3 unspecified atom stereocenters. The monoisotopic (exact) mass is 311 g/mol. The second-order valence-corrected chi connectivity index (χ2v) is 5.96. The van der Waals surface area contributed by atoms with Gasteiger partial charge in [0.2, 0.25) is 0 Å². The lowest BCUT2D eigenvalue weighted by atomic mass is 10.00. The molecular formula is C15H22BrNO. The first-order valence-electron chi connectivity index (χ1n) is 6.81. The number of benzene rings is 1. The Morgan fingerprint density at radius 3 is 2.67 bits per heavy atom. The number of rotatable bonds is 5. The van der Waals surface area contributed by atoms with Crippen LogP contribution in [0.5, 0.6) is 0 Å². The van der Waals surface area contributed by atoms with Crippen molar-refractivity contribution in [2.24, 2.45) is 5.92 Å². The number of hydrogen-bond acceptors (Lipinski definition) is 2. The van der Waals surface area contributed by atoms with Crippen LogP contribution < -0.4 is 5.32 Å². The molecule has 3 atom stereocenters. The van der Waals surface area contributed by atoms with Crippen molar-refractivity contribution in [3.8, 4) is 0 Å². The van der Waals surface area contributed by atoms with Crippen LogP contribution in [-0.4, -0.2) is 19.3 Å². The van der Waals surface area contributed by atoms with Crippen LogP contribution in [0.4, 0.5) is 0 Å². The van der Waals surface area contributed by atoms with Crippen molar-refractivity contribution in [3.63, 3.8) is 0 Å². The lowest BCUT2D eigenvalue weighted by Crippen LogP contribution is -2.30. The van der Waals surface area contributed by atoms with Gasteiger partial charge in [0.1, 0.15) is 0 Å². The Balaban J connectivity index is 1.91. The van der Waals surface area contributed by atoms with Gasteiger partial charge < -0.3 is 10.1 Å². The summed E-state index contributed by atoms with van der Waals surface area (Å²) >= 11 is 3.48. The Bertz CT molecular complexity index is 365. The van der Waals surface area contributed by atoms with E-state index in [0.29, 0.717) is 18.1 Å². The quantitative estimate of drug-likeness (QED) is 0.890. The highest BCUT2D eigenvalue weighted by Crippen LogP contribution is 2.23. The van der Waals surface area contributed by atoms with Crippen molar-refractivity contribution in [1.82, 2.24) is 5.32 Å². The first-order valence-corrected chi connectivity index (χ1v) is 7.60. The van der Waals surface area contributed by atoms with Gasteiger partial charge in [0, 0.05) is 23.7 Å². The minimum atomic E-state index is 0.403. The van der Waals surface area contributed by atoms with Crippen LogP contribution in [0.3, 0.4) is 0 Å². The molecule has 1 aromatic rings. The number of nitrogens with one attached hydrogen (secondary N) is 1. The smallest absolute Gasteiger partial charge is 0.0588 e. The molecule has 1 saturated heterocycles. The van der Waals surface area contributed by atoms with E-state index in [0.717, 1.165) is 24.0 Å². The summed E-state index contributed by atoms with van der Waals surface area (Å²) in [7, 11) is 0. The first kappa shape index (κ1) is 14.0. The summed E-state index contributed by atoms with van der Waals surface area (Å²) in [4.78, 5) is 0. The Labute approximate surface area is 118 Å². The molecule has 18 heavy (non-hydrogen) atoms. The van der Waals surface area contributed by atoms with E-state index in [-0.39, 0.29) is 0 Å². The molecule has 1 N–H and O–H groups in total. The Morgan fingerprint density at radius 1 is 1.39 bits per heavy atom. The first-order chi connectivity index (χ1) is 8.70. The Hall–Kier alpha value is -0.380. The van der Waals surface area contributed by atoms with Crippen LogP contribution in [0.15, 0.2) is 28.7 Å². The lowest BCUT2D eigenvalue weighted by Gasteiger charge is -2.21. The zero-order valence-corrected chi connectivity index (χ0v) is 12.7. The maximum Gasteiger partial charge on any atom is 0.0588 e. The predicted molar refractivity (Wildman–Crippen MR) is 78.7 cm³/mol. The third-order valence-corrected chi connectivity index (χ3v) is 4.37. The summed E-state index contributed by atoms with van der Waals surface area (Å²) in [5.41, 5.74) is 1.37. The van der Waals surface area contributed by atoms with Gasteiger partial charge in [-0.3, -0.25) is 0 Å². The molecule has 0 aliphatic carbocycles. The number of halogens is 1. The average Bonchev–Trinajstić information content (AvgIpc) is 2.78. The van der Waals surface area contributed by atoms with Crippen LogP contribution in [0.1, 0.15) is 38.3 Å². The van der Waals surface area contributed by atoms with Gasteiger partial charge in [0.25, 0.3) is 0 Å². The molecule has 100 valence electrons. The summed E-state index contributed by atoms with van der Waals surface area (Å²) in [5.74, 6) is 0.662. The van der Waals surface area contributed by atoms with Crippen molar-refractivity contribution in [2.45, 2.75) is 38.8 Å². The van der Waals surface area contributed by atoms with Crippen LogP contribution in [-0.2, 0) is 4.74 Å². The van der Waals surface area contributed by atoms with E-state index >= 15 is 0 Å². The molecular weight excluding hydrogens is 290 g/mol. The van der Waals surface area contributed by atoms with Crippen LogP contribution in [0, 0.1) is 5.92 Å². The standard InChI is InChI=1S/C15H22BrNO/c1-3-15(12-4-6-14(16)7-5-12)17-10-13-8-9-18-11(13)2/h4-7,11,13,15,17H,3,8-10H2,1-2H3.